The summed E-state index contributed by atoms with van der Waals surface area (Å²) in [6, 6.07) is 5.19. The number of fused-ring (bicyclic) bond motifs is 1. The SMILES string of the molecule is CSC(=Nc1ccc2c(c1)OC(C)C(=O)N2)NC#N. The van der Waals surface area contributed by atoms with Crippen molar-refractivity contribution in [3.8, 4) is 11.9 Å². The summed E-state index contributed by atoms with van der Waals surface area (Å²) in [4.78, 5) is 15.7. The zero-order chi connectivity index (χ0) is 13.8. The minimum Gasteiger partial charge on any atom is -0.479 e. The first-order valence-electron chi connectivity index (χ1n) is 5.53. The maximum atomic E-state index is 11.4. The number of carbonyl (C=O) groups is 1. The maximum Gasteiger partial charge on any atom is 0.265 e. The Kier molecular flexibility index (Phi) is 3.92. The molecule has 1 aliphatic rings. The molecule has 19 heavy (non-hydrogen) atoms. The average Bonchev–Trinajstić information content (AvgIpc) is 2.40. The van der Waals surface area contributed by atoms with Gasteiger partial charge in [0.05, 0.1) is 11.4 Å². The number of aliphatic imine (C=N–C) groups is 1. The molecule has 0 radical (unpaired) electrons. The Morgan fingerprint density at radius 1 is 1.63 bits per heavy atom. The van der Waals surface area contributed by atoms with E-state index in [0.29, 0.717) is 22.3 Å². The van der Waals surface area contributed by atoms with Crippen LogP contribution in [0.5, 0.6) is 5.75 Å². The highest BCUT2D eigenvalue weighted by molar-refractivity contribution is 8.13. The second-order valence-corrected chi connectivity index (χ2v) is 4.58. The van der Waals surface area contributed by atoms with Crippen LogP contribution < -0.4 is 15.4 Å². The number of ether oxygens (including phenoxy) is 1. The molecule has 1 amide bonds. The lowest BCUT2D eigenvalue weighted by Gasteiger charge is -2.23. The third-order valence-corrected chi connectivity index (χ3v) is 3.06. The van der Waals surface area contributed by atoms with Gasteiger partial charge in [-0.3, -0.25) is 10.1 Å². The summed E-state index contributed by atoms with van der Waals surface area (Å²) in [6.45, 7) is 1.68. The third-order valence-electron chi connectivity index (χ3n) is 2.48. The second-order valence-electron chi connectivity index (χ2n) is 3.79. The van der Waals surface area contributed by atoms with E-state index in [9.17, 15) is 4.79 Å². The van der Waals surface area contributed by atoms with Crippen molar-refractivity contribution in [2.45, 2.75) is 13.0 Å². The minimum atomic E-state index is -0.524. The number of benzene rings is 1. The van der Waals surface area contributed by atoms with Gasteiger partial charge in [-0.05, 0) is 25.3 Å². The van der Waals surface area contributed by atoms with Gasteiger partial charge in [-0.2, -0.15) is 5.26 Å². The van der Waals surface area contributed by atoms with Gasteiger partial charge in [-0.15, -0.1) is 0 Å². The minimum absolute atomic E-state index is 0.167. The normalized spacial score (nSPS) is 17.8. The molecular weight excluding hydrogens is 264 g/mol. The van der Waals surface area contributed by atoms with Crippen LogP contribution in [0.1, 0.15) is 6.92 Å². The van der Waals surface area contributed by atoms with Crippen molar-refractivity contribution >= 4 is 34.2 Å². The summed E-state index contributed by atoms with van der Waals surface area (Å²) in [5.41, 5.74) is 1.27. The molecule has 2 rings (SSSR count). The lowest BCUT2D eigenvalue weighted by atomic mass is 10.2. The molecule has 0 saturated heterocycles. The van der Waals surface area contributed by atoms with E-state index in [1.807, 2.05) is 12.4 Å². The molecule has 0 saturated carbocycles. The molecule has 98 valence electrons. The highest BCUT2D eigenvalue weighted by Gasteiger charge is 2.23. The van der Waals surface area contributed by atoms with Gasteiger partial charge in [0.15, 0.2) is 17.5 Å². The van der Waals surface area contributed by atoms with Crippen LogP contribution in [0.25, 0.3) is 0 Å². The Balaban J connectivity index is 2.29. The maximum absolute atomic E-state index is 11.4. The third kappa shape index (κ3) is 2.98. The van der Waals surface area contributed by atoms with Crippen molar-refractivity contribution in [3.63, 3.8) is 0 Å². The Bertz CT molecular complexity index is 580. The molecule has 1 unspecified atom stereocenters. The van der Waals surface area contributed by atoms with Crippen LogP contribution in [0, 0.1) is 11.5 Å². The van der Waals surface area contributed by atoms with Crippen molar-refractivity contribution in [1.82, 2.24) is 5.32 Å². The van der Waals surface area contributed by atoms with Crippen LogP contribution in [0.2, 0.25) is 0 Å². The summed E-state index contributed by atoms with van der Waals surface area (Å²) in [7, 11) is 0. The number of amidine groups is 1. The highest BCUT2D eigenvalue weighted by atomic mass is 32.2. The lowest BCUT2D eigenvalue weighted by Crippen LogP contribution is -2.34. The van der Waals surface area contributed by atoms with E-state index in [1.54, 1.807) is 25.1 Å². The van der Waals surface area contributed by atoms with Crippen molar-refractivity contribution < 1.29 is 9.53 Å². The predicted molar refractivity (Wildman–Crippen MR) is 74.5 cm³/mol. The number of amides is 1. The Morgan fingerprint density at radius 3 is 3.11 bits per heavy atom. The summed E-state index contributed by atoms with van der Waals surface area (Å²) in [6.07, 6.45) is 3.12. The zero-order valence-corrected chi connectivity index (χ0v) is 11.2. The summed E-state index contributed by atoms with van der Waals surface area (Å²) < 4.78 is 5.49. The molecule has 1 aromatic rings. The summed E-state index contributed by atoms with van der Waals surface area (Å²) in [5.74, 6) is 0.408. The smallest absolute Gasteiger partial charge is 0.265 e. The van der Waals surface area contributed by atoms with Crippen LogP contribution in [-0.2, 0) is 4.79 Å². The Morgan fingerprint density at radius 2 is 2.42 bits per heavy atom. The van der Waals surface area contributed by atoms with E-state index in [2.05, 4.69) is 15.6 Å². The van der Waals surface area contributed by atoms with Gasteiger partial charge in [-0.1, -0.05) is 11.8 Å². The van der Waals surface area contributed by atoms with E-state index >= 15 is 0 Å². The fourth-order valence-corrected chi connectivity index (χ4v) is 1.89. The molecule has 0 fully saturated rings. The molecule has 0 spiro atoms. The van der Waals surface area contributed by atoms with E-state index in [0.717, 1.165) is 0 Å². The van der Waals surface area contributed by atoms with Gasteiger partial charge in [-0.25, -0.2) is 4.99 Å². The highest BCUT2D eigenvalue weighted by Crippen LogP contribution is 2.33. The molecule has 1 atom stereocenters. The van der Waals surface area contributed by atoms with Crippen LogP contribution in [0.15, 0.2) is 23.2 Å². The van der Waals surface area contributed by atoms with Crippen molar-refractivity contribution in [3.05, 3.63) is 18.2 Å². The van der Waals surface area contributed by atoms with Crippen molar-refractivity contribution in [2.24, 2.45) is 4.99 Å². The topological polar surface area (TPSA) is 86.5 Å². The Hall–Kier alpha value is -2.20. The first-order valence-corrected chi connectivity index (χ1v) is 6.76. The van der Waals surface area contributed by atoms with Crippen LogP contribution in [-0.4, -0.2) is 23.4 Å². The molecule has 0 aromatic heterocycles. The Labute approximate surface area is 114 Å². The van der Waals surface area contributed by atoms with Gasteiger partial charge in [0.25, 0.3) is 5.91 Å². The number of hydrogen-bond donors (Lipinski definition) is 2. The van der Waals surface area contributed by atoms with Crippen molar-refractivity contribution in [2.75, 3.05) is 11.6 Å². The molecule has 6 nitrogen and oxygen atoms in total. The number of thioether (sulfide) groups is 1. The summed E-state index contributed by atoms with van der Waals surface area (Å²) in [5, 5.41) is 14.3. The van der Waals surface area contributed by atoms with E-state index in [4.69, 9.17) is 10.00 Å². The first kappa shape index (κ1) is 13.2. The van der Waals surface area contributed by atoms with Gasteiger partial charge in [0.2, 0.25) is 0 Å². The van der Waals surface area contributed by atoms with E-state index in [-0.39, 0.29) is 5.91 Å². The van der Waals surface area contributed by atoms with E-state index < -0.39 is 6.10 Å². The van der Waals surface area contributed by atoms with Gasteiger partial charge in [0.1, 0.15) is 5.75 Å². The zero-order valence-electron chi connectivity index (χ0n) is 10.4. The standard InChI is InChI=1S/C12H12N4O2S/c1-7-11(17)16-9-4-3-8(5-10(9)18-7)15-12(19-2)14-6-13/h3-5,7H,1-2H3,(H,14,15)(H,16,17). The number of rotatable bonds is 1. The number of carbonyl (C=O) groups excluding carboxylic acids is 1. The number of hydrogen-bond acceptors (Lipinski definition) is 5. The molecule has 1 heterocycles. The molecule has 7 heteroatoms. The van der Waals surface area contributed by atoms with Gasteiger partial charge < -0.3 is 10.1 Å². The molecule has 1 aliphatic heterocycles. The van der Waals surface area contributed by atoms with Gasteiger partial charge in [0, 0.05) is 6.07 Å². The molecule has 0 bridgehead atoms. The summed E-state index contributed by atoms with van der Waals surface area (Å²) >= 11 is 1.33. The largest absolute Gasteiger partial charge is 0.479 e. The van der Waals surface area contributed by atoms with Crippen molar-refractivity contribution in [1.29, 1.82) is 5.26 Å². The van der Waals surface area contributed by atoms with E-state index in [1.165, 1.54) is 11.8 Å². The first-order chi connectivity index (χ1) is 9.13. The van der Waals surface area contributed by atoms with Crippen LogP contribution >= 0.6 is 11.8 Å². The number of nitrogens with one attached hydrogen (secondary N) is 2. The van der Waals surface area contributed by atoms with Crippen LogP contribution in [0.3, 0.4) is 0 Å². The lowest BCUT2D eigenvalue weighted by molar-refractivity contribution is -0.122. The number of nitriles is 1. The predicted octanol–water partition coefficient (Wildman–Crippen LogP) is 1.83. The number of nitrogens with zero attached hydrogens (tertiary/aromatic N) is 2. The fourth-order valence-electron chi connectivity index (χ4n) is 1.55. The molecule has 0 aliphatic carbocycles. The monoisotopic (exact) mass is 276 g/mol. The van der Waals surface area contributed by atoms with Gasteiger partial charge >= 0.3 is 0 Å². The van der Waals surface area contributed by atoms with Crippen LogP contribution in [0.4, 0.5) is 11.4 Å². The number of anilines is 1. The quantitative estimate of drug-likeness (QED) is 0.354. The fraction of sp³-hybridized carbons (Fsp3) is 0.250. The average molecular weight is 276 g/mol. The molecular formula is C12H12N4O2S. The second kappa shape index (κ2) is 5.63. The molecule has 2 N–H and O–H groups in total. The molecule has 1 aromatic carbocycles.